The first-order chi connectivity index (χ1) is 26.8. The highest BCUT2D eigenvalue weighted by Crippen LogP contribution is 2.60. The van der Waals surface area contributed by atoms with Gasteiger partial charge in [0.15, 0.2) is 11.6 Å². The monoisotopic (exact) mass is 686 g/mol. The molecule has 12 rings (SSSR count). The first-order valence-corrected chi connectivity index (χ1v) is 18.5. The van der Waals surface area contributed by atoms with Crippen molar-refractivity contribution < 1.29 is 0 Å². The van der Waals surface area contributed by atoms with Crippen molar-refractivity contribution in [1.29, 1.82) is 0 Å². The predicted molar refractivity (Wildman–Crippen MR) is 219 cm³/mol. The number of aromatic nitrogens is 4. The molecule has 0 atom stereocenters. The molecule has 0 fully saturated rings. The lowest BCUT2D eigenvalue weighted by Crippen LogP contribution is -2.33. The summed E-state index contributed by atoms with van der Waals surface area (Å²) in [5.74, 6) is 1.33. The van der Waals surface area contributed by atoms with E-state index in [1.165, 1.54) is 55.3 Å². The summed E-state index contributed by atoms with van der Waals surface area (Å²) >= 11 is 0. The van der Waals surface area contributed by atoms with E-state index in [1.54, 1.807) is 0 Å². The van der Waals surface area contributed by atoms with Gasteiger partial charge in [0.25, 0.3) is 0 Å². The maximum absolute atomic E-state index is 5.39. The van der Waals surface area contributed by atoms with Crippen molar-refractivity contribution in [3.63, 3.8) is 0 Å². The molecule has 1 spiro atoms. The Morgan fingerprint density at radius 1 is 0.389 bits per heavy atom. The molecule has 0 saturated heterocycles. The molecule has 0 unspecified atom stereocenters. The number of para-hydroxylation sites is 3. The number of benzene rings is 8. The summed E-state index contributed by atoms with van der Waals surface area (Å²) in [6, 6.07) is 65.3. The second kappa shape index (κ2) is 10.9. The average molecular weight is 687 g/mol. The van der Waals surface area contributed by atoms with E-state index in [4.69, 9.17) is 15.0 Å². The molecule has 250 valence electrons. The molecule has 4 nitrogen and oxygen atoms in total. The molecule has 0 radical (unpaired) electrons. The molecule has 1 aliphatic carbocycles. The van der Waals surface area contributed by atoms with Crippen molar-refractivity contribution in [2.75, 3.05) is 0 Å². The Bertz CT molecular complexity index is 3120. The van der Waals surface area contributed by atoms with Gasteiger partial charge in [0.1, 0.15) is 0 Å². The molecule has 1 aliphatic heterocycles. The lowest BCUT2D eigenvalue weighted by Gasteiger charge is -2.39. The third-order valence-electron chi connectivity index (χ3n) is 11.6. The Kier molecular flexibility index (Phi) is 5.95. The molecule has 0 N–H and O–H groups in total. The Hall–Kier alpha value is -7.17. The van der Waals surface area contributed by atoms with E-state index >= 15 is 0 Å². The van der Waals surface area contributed by atoms with Crippen LogP contribution in [-0.4, -0.2) is 19.5 Å². The van der Waals surface area contributed by atoms with Crippen LogP contribution >= 0.6 is 0 Å². The van der Waals surface area contributed by atoms with Crippen LogP contribution in [0.2, 0.25) is 0 Å². The summed E-state index contributed by atoms with van der Waals surface area (Å²) < 4.78 is 2.31. The van der Waals surface area contributed by atoms with E-state index in [1.807, 2.05) is 6.07 Å². The van der Waals surface area contributed by atoms with E-state index in [0.717, 1.165) is 44.7 Å². The molecule has 0 saturated carbocycles. The molecule has 4 heteroatoms. The summed E-state index contributed by atoms with van der Waals surface area (Å²) in [6.45, 7) is 0. The van der Waals surface area contributed by atoms with Crippen molar-refractivity contribution in [1.82, 2.24) is 19.5 Å². The van der Waals surface area contributed by atoms with Gasteiger partial charge in [-0.2, -0.15) is 0 Å². The van der Waals surface area contributed by atoms with Crippen LogP contribution in [0.5, 0.6) is 0 Å². The highest BCUT2D eigenvalue weighted by atomic mass is 15.1. The zero-order chi connectivity index (χ0) is 35.4. The fourth-order valence-corrected chi connectivity index (χ4v) is 9.44. The minimum Gasteiger partial charge on any atom is -0.289 e. The number of nitrogens with zero attached hydrogens (tertiary/aromatic N) is 4. The minimum atomic E-state index is -0.488. The number of rotatable bonds is 3. The molecule has 54 heavy (non-hydrogen) atoms. The molecule has 2 aromatic heterocycles. The molecule has 3 heterocycles. The number of hydrogen-bond donors (Lipinski definition) is 0. The Morgan fingerprint density at radius 3 is 1.78 bits per heavy atom. The number of imidazole rings is 1. The third-order valence-corrected chi connectivity index (χ3v) is 11.6. The van der Waals surface area contributed by atoms with Gasteiger partial charge in [-0.25, -0.2) is 15.0 Å². The summed E-state index contributed by atoms with van der Waals surface area (Å²) in [7, 11) is 0. The van der Waals surface area contributed by atoms with Crippen LogP contribution in [0, 0.1) is 0 Å². The maximum Gasteiger partial charge on any atom is 0.197 e. The van der Waals surface area contributed by atoms with Crippen LogP contribution in [0.25, 0.3) is 83.6 Å². The van der Waals surface area contributed by atoms with Gasteiger partial charge < -0.3 is 0 Å². The summed E-state index contributed by atoms with van der Waals surface area (Å²) in [5.41, 5.74) is 15.4. The standard InChI is InChI=1S/C50H30N4/c1-2-15-34-31(13-1)14-11-19-35(34)32-27-29-33(30-28-32)46-38-18-5-9-24-43(38)51-48(53-46)49-52-44-25-12-23-42-47(44)54(49)45-26-10-8-22-41(45)50(42)39-20-6-3-16-36(39)37-17-4-7-21-40(37)50/h1-30H. The lowest BCUT2D eigenvalue weighted by molar-refractivity contribution is 0.745. The van der Waals surface area contributed by atoms with Gasteiger partial charge in [0.2, 0.25) is 0 Å². The highest BCUT2D eigenvalue weighted by Gasteiger charge is 2.50. The molecular formula is C50H30N4. The van der Waals surface area contributed by atoms with Crippen LogP contribution in [0.3, 0.4) is 0 Å². The highest BCUT2D eigenvalue weighted by molar-refractivity contribution is 6.00. The van der Waals surface area contributed by atoms with Gasteiger partial charge in [0.05, 0.1) is 33.3 Å². The normalized spacial score (nSPS) is 13.3. The second-order valence-electron chi connectivity index (χ2n) is 14.3. The molecular weight excluding hydrogens is 657 g/mol. The minimum absolute atomic E-state index is 0.488. The van der Waals surface area contributed by atoms with Gasteiger partial charge in [-0.1, -0.05) is 164 Å². The van der Waals surface area contributed by atoms with E-state index in [2.05, 4.69) is 180 Å². The molecule has 10 aromatic rings. The number of fused-ring (bicyclic) bond motifs is 11. The lowest BCUT2D eigenvalue weighted by atomic mass is 9.65. The van der Waals surface area contributed by atoms with E-state index in [-0.39, 0.29) is 0 Å². The molecule has 0 amide bonds. The van der Waals surface area contributed by atoms with Crippen LogP contribution in [0.4, 0.5) is 0 Å². The molecule has 8 aromatic carbocycles. The Morgan fingerprint density at radius 2 is 0.963 bits per heavy atom. The fraction of sp³-hybridized carbons (Fsp3) is 0.0200. The maximum atomic E-state index is 5.39. The van der Waals surface area contributed by atoms with Crippen LogP contribution < -0.4 is 0 Å². The molecule has 2 aliphatic rings. The quantitative estimate of drug-likeness (QED) is 0.186. The van der Waals surface area contributed by atoms with Gasteiger partial charge in [-0.3, -0.25) is 4.57 Å². The van der Waals surface area contributed by atoms with E-state index < -0.39 is 5.41 Å². The smallest absolute Gasteiger partial charge is 0.197 e. The van der Waals surface area contributed by atoms with Gasteiger partial charge in [0, 0.05) is 10.9 Å². The van der Waals surface area contributed by atoms with E-state index in [9.17, 15) is 0 Å². The zero-order valence-electron chi connectivity index (χ0n) is 29.1. The van der Waals surface area contributed by atoms with Crippen LogP contribution in [0.1, 0.15) is 22.3 Å². The topological polar surface area (TPSA) is 43.6 Å². The summed E-state index contributed by atoms with van der Waals surface area (Å²) in [4.78, 5) is 16.0. The largest absolute Gasteiger partial charge is 0.289 e. The summed E-state index contributed by atoms with van der Waals surface area (Å²) in [5, 5.41) is 3.49. The van der Waals surface area contributed by atoms with E-state index in [0.29, 0.717) is 5.82 Å². The van der Waals surface area contributed by atoms with Crippen molar-refractivity contribution >= 4 is 32.7 Å². The van der Waals surface area contributed by atoms with Gasteiger partial charge >= 0.3 is 0 Å². The van der Waals surface area contributed by atoms with Crippen LogP contribution in [-0.2, 0) is 5.41 Å². The summed E-state index contributed by atoms with van der Waals surface area (Å²) in [6.07, 6.45) is 0. The Balaban J connectivity index is 1.10. The first kappa shape index (κ1) is 29.4. The van der Waals surface area contributed by atoms with Crippen molar-refractivity contribution in [2.45, 2.75) is 5.41 Å². The third kappa shape index (κ3) is 3.84. The van der Waals surface area contributed by atoms with Crippen molar-refractivity contribution in [3.8, 4) is 50.8 Å². The fourth-order valence-electron chi connectivity index (χ4n) is 9.44. The van der Waals surface area contributed by atoms with Gasteiger partial charge in [-0.15, -0.1) is 0 Å². The second-order valence-corrected chi connectivity index (χ2v) is 14.3. The Labute approximate surface area is 311 Å². The van der Waals surface area contributed by atoms with Crippen LogP contribution in [0.15, 0.2) is 182 Å². The van der Waals surface area contributed by atoms with Crippen molar-refractivity contribution in [3.05, 3.63) is 204 Å². The average Bonchev–Trinajstić information content (AvgIpc) is 3.78. The predicted octanol–water partition coefficient (Wildman–Crippen LogP) is 11.8. The van der Waals surface area contributed by atoms with Crippen molar-refractivity contribution in [2.24, 2.45) is 0 Å². The van der Waals surface area contributed by atoms with Gasteiger partial charge in [-0.05, 0) is 73.5 Å². The zero-order valence-corrected chi connectivity index (χ0v) is 29.1. The molecule has 0 bridgehead atoms. The number of hydrogen-bond acceptors (Lipinski definition) is 3. The SMILES string of the molecule is c1ccc2c(c1)-c1ccccc1C21c2ccccc2-n2c(-c3nc(-c4ccc(-c5cccc6ccccc56)cc4)c4ccccc4n3)nc3cccc1c32. The first-order valence-electron chi connectivity index (χ1n) is 18.5.